The van der Waals surface area contributed by atoms with Crippen LogP contribution in [-0.2, 0) is 11.2 Å². The number of aliphatic imine (C=N–C) groups is 1. The van der Waals surface area contributed by atoms with Gasteiger partial charge in [0.25, 0.3) is 0 Å². The normalized spacial score (nSPS) is 12.9. The Hall–Kier alpha value is -1.39. The monoisotopic (exact) mass is 506 g/mol. The van der Waals surface area contributed by atoms with Crippen LogP contribution in [0.15, 0.2) is 29.4 Å². The molecular formula is C20H32FIN4O2. The summed E-state index contributed by atoms with van der Waals surface area (Å²) in [6, 6.07) is 4.75. The molecule has 1 atom stereocenters. The molecule has 0 radical (unpaired) electrons. The van der Waals surface area contributed by atoms with E-state index in [1.54, 1.807) is 12.1 Å². The Morgan fingerprint density at radius 3 is 2.79 bits per heavy atom. The molecule has 0 aliphatic carbocycles. The molecule has 0 saturated heterocycles. The van der Waals surface area contributed by atoms with Gasteiger partial charge in [-0.2, -0.15) is 0 Å². The molecule has 28 heavy (non-hydrogen) atoms. The van der Waals surface area contributed by atoms with Crippen molar-refractivity contribution in [2.45, 2.75) is 33.3 Å². The standard InChI is InChI=1S/C20H31FN4O2.HI/c1-4-22-20(25-11-17(26)13-27-12-14(2)3)23-8-7-15-10-24-19-6-5-16(21)9-18(15)19;/h5-6,9-10,14,17,24,26H,4,7-8,11-13H2,1-3H3,(H2,22,23,25);1H. The molecule has 0 aliphatic rings. The minimum atomic E-state index is -0.629. The van der Waals surface area contributed by atoms with Gasteiger partial charge in [0.05, 0.1) is 19.3 Å². The van der Waals surface area contributed by atoms with Gasteiger partial charge in [0.15, 0.2) is 5.96 Å². The van der Waals surface area contributed by atoms with Gasteiger partial charge >= 0.3 is 0 Å². The van der Waals surface area contributed by atoms with Gasteiger partial charge in [-0.15, -0.1) is 24.0 Å². The summed E-state index contributed by atoms with van der Waals surface area (Å²) in [5.41, 5.74) is 1.98. The van der Waals surface area contributed by atoms with Crippen molar-refractivity contribution in [1.82, 2.24) is 15.6 Å². The molecule has 0 fully saturated rings. The number of guanidine groups is 1. The van der Waals surface area contributed by atoms with E-state index in [1.165, 1.54) is 6.07 Å². The van der Waals surface area contributed by atoms with Crippen LogP contribution in [0.1, 0.15) is 26.3 Å². The zero-order valence-electron chi connectivity index (χ0n) is 16.8. The third kappa shape index (κ3) is 8.32. The minimum absolute atomic E-state index is 0. The summed E-state index contributed by atoms with van der Waals surface area (Å²) in [7, 11) is 0. The maximum Gasteiger partial charge on any atom is 0.191 e. The second-order valence-electron chi connectivity index (χ2n) is 6.99. The van der Waals surface area contributed by atoms with Crippen molar-refractivity contribution in [3.63, 3.8) is 0 Å². The minimum Gasteiger partial charge on any atom is -0.389 e. The predicted octanol–water partition coefficient (Wildman–Crippen LogP) is 3.06. The molecule has 1 unspecified atom stereocenters. The maximum absolute atomic E-state index is 13.5. The largest absolute Gasteiger partial charge is 0.389 e. The second kappa shape index (κ2) is 12.9. The molecule has 0 amide bonds. The molecule has 0 saturated carbocycles. The van der Waals surface area contributed by atoms with Crippen LogP contribution in [0.25, 0.3) is 10.9 Å². The van der Waals surface area contributed by atoms with Crippen LogP contribution in [0.5, 0.6) is 0 Å². The number of aliphatic hydroxyl groups excluding tert-OH is 1. The summed E-state index contributed by atoms with van der Waals surface area (Å²) >= 11 is 0. The van der Waals surface area contributed by atoms with Crippen LogP contribution in [0.2, 0.25) is 0 Å². The van der Waals surface area contributed by atoms with Crippen molar-refractivity contribution in [2.75, 3.05) is 32.8 Å². The highest BCUT2D eigenvalue weighted by molar-refractivity contribution is 14.0. The van der Waals surface area contributed by atoms with Gasteiger partial charge in [-0.3, -0.25) is 4.99 Å². The Kier molecular flexibility index (Phi) is 11.4. The molecular weight excluding hydrogens is 474 g/mol. The number of hydrogen-bond acceptors (Lipinski definition) is 3. The Balaban J connectivity index is 0.00000392. The number of aromatic nitrogens is 1. The topological polar surface area (TPSA) is 81.7 Å². The van der Waals surface area contributed by atoms with Gasteiger partial charge in [0, 0.05) is 36.8 Å². The number of rotatable bonds is 10. The Labute approximate surface area is 183 Å². The molecule has 1 heterocycles. The summed E-state index contributed by atoms with van der Waals surface area (Å²) in [5.74, 6) is 0.851. The van der Waals surface area contributed by atoms with E-state index in [0.717, 1.165) is 29.4 Å². The van der Waals surface area contributed by atoms with E-state index in [0.29, 0.717) is 25.0 Å². The Morgan fingerprint density at radius 2 is 2.07 bits per heavy atom. The lowest BCUT2D eigenvalue weighted by atomic mass is 10.1. The van der Waals surface area contributed by atoms with Crippen LogP contribution in [0, 0.1) is 11.7 Å². The molecule has 0 aliphatic heterocycles. The Morgan fingerprint density at radius 1 is 1.29 bits per heavy atom. The van der Waals surface area contributed by atoms with Crippen LogP contribution in [-0.4, -0.2) is 55.0 Å². The van der Waals surface area contributed by atoms with Gasteiger partial charge in [0.1, 0.15) is 5.82 Å². The molecule has 8 heteroatoms. The summed E-state index contributed by atoms with van der Waals surface area (Å²) in [6.45, 7) is 8.68. The predicted molar refractivity (Wildman–Crippen MR) is 123 cm³/mol. The van der Waals surface area contributed by atoms with Crippen molar-refractivity contribution >= 4 is 40.8 Å². The first kappa shape index (κ1) is 24.6. The van der Waals surface area contributed by atoms with Crippen LogP contribution < -0.4 is 10.6 Å². The highest BCUT2D eigenvalue weighted by atomic mass is 127. The van der Waals surface area contributed by atoms with Gasteiger partial charge in [-0.1, -0.05) is 13.8 Å². The molecule has 0 spiro atoms. The van der Waals surface area contributed by atoms with Crippen molar-refractivity contribution in [3.8, 4) is 0 Å². The van der Waals surface area contributed by atoms with Gasteiger partial charge in [0.2, 0.25) is 0 Å². The summed E-state index contributed by atoms with van der Waals surface area (Å²) in [5, 5.41) is 17.3. The van der Waals surface area contributed by atoms with E-state index < -0.39 is 6.10 Å². The van der Waals surface area contributed by atoms with E-state index in [1.807, 2.05) is 13.1 Å². The number of benzene rings is 1. The van der Waals surface area contributed by atoms with E-state index in [4.69, 9.17) is 4.74 Å². The van der Waals surface area contributed by atoms with E-state index in [9.17, 15) is 9.50 Å². The molecule has 1 aromatic heterocycles. The molecule has 158 valence electrons. The third-order valence-electron chi connectivity index (χ3n) is 3.98. The van der Waals surface area contributed by atoms with E-state index >= 15 is 0 Å². The second-order valence-corrected chi connectivity index (χ2v) is 6.99. The number of aliphatic hydroxyl groups is 1. The highest BCUT2D eigenvalue weighted by Crippen LogP contribution is 2.19. The number of hydrogen-bond donors (Lipinski definition) is 4. The first-order chi connectivity index (χ1) is 13.0. The van der Waals surface area contributed by atoms with Crippen molar-refractivity contribution in [1.29, 1.82) is 0 Å². The number of fused-ring (bicyclic) bond motifs is 1. The average Bonchev–Trinajstić information content (AvgIpc) is 3.01. The third-order valence-corrected chi connectivity index (χ3v) is 3.98. The lowest BCUT2D eigenvalue weighted by molar-refractivity contribution is 0.0301. The number of ether oxygens (including phenoxy) is 1. The highest BCUT2D eigenvalue weighted by Gasteiger charge is 2.07. The maximum atomic E-state index is 13.5. The zero-order chi connectivity index (χ0) is 19.6. The van der Waals surface area contributed by atoms with Gasteiger partial charge < -0.3 is 25.5 Å². The quantitative estimate of drug-likeness (QED) is 0.227. The average molecular weight is 506 g/mol. The van der Waals surface area contributed by atoms with Crippen LogP contribution >= 0.6 is 24.0 Å². The lowest BCUT2D eigenvalue weighted by Crippen LogP contribution is -2.39. The molecule has 6 nitrogen and oxygen atoms in total. The molecule has 1 aromatic carbocycles. The van der Waals surface area contributed by atoms with Gasteiger partial charge in [-0.05, 0) is 43.0 Å². The molecule has 2 aromatic rings. The fourth-order valence-corrected chi connectivity index (χ4v) is 2.70. The van der Waals surface area contributed by atoms with E-state index in [2.05, 4.69) is 34.5 Å². The molecule has 2 rings (SSSR count). The zero-order valence-corrected chi connectivity index (χ0v) is 19.1. The number of H-pyrrole nitrogens is 1. The van der Waals surface area contributed by atoms with Crippen molar-refractivity contribution < 1.29 is 14.2 Å². The smallest absolute Gasteiger partial charge is 0.191 e. The van der Waals surface area contributed by atoms with Crippen LogP contribution in [0.4, 0.5) is 4.39 Å². The summed E-state index contributed by atoms with van der Waals surface area (Å²) in [6.07, 6.45) is 2.01. The van der Waals surface area contributed by atoms with E-state index in [-0.39, 0.29) is 42.9 Å². The lowest BCUT2D eigenvalue weighted by Gasteiger charge is -2.14. The number of halogens is 2. The SMILES string of the molecule is CCNC(=NCC(O)COCC(C)C)NCCc1c[nH]c2ccc(F)cc12.I. The van der Waals surface area contributed by atoms with Crippen molar-refractivity contribution in [2.24, 2.45) is 10.9 Å². The molecule has 4 N–H and O–H groups in total. The summed E-state index contributed by atoms with van der Waals surface area (Å²) in [4.78, 5) is 7.56. The first-order valence-corrected chi connectivity index (χ1v) is 9.53. The summed E-state index contributed by atoms with van der Waals surface area (Å²) < 4.78 is 18.9. The Bertz CT molecular complexity index is 736. The number of nitrogens with zero attached hydrogens (tertiary/aromatic N) is 1. The fraction of sp³-hybridized carbons (Fsp3) is 0.550. The first-order valence-electron chi connectivity index (χ1n) is 9.53. The fourth-order valence-electron chi connectivity index (χ4n) is 2.70. The van der Waals surface area contributed by atoms with Crippen LogP contribution in [0.3, 0.4) is 0 Å². The van der Waals surface area contributed by atoms with Gasteiger partial charge in [-0.25, -0.2) is 4.39 Å². The molecule has 0 bridgehead atoms. The van der Waals surface area contributed by atoms with Crippen molar-refractivity contribution in [3.05, 3.63) is 35.8 Å². The number of nitrogens with one attached hydrogen (secondary N) is 3. The number of aromatic amines is 1.